The molecule has 0 saturated heterocycles. The number of nitrogens with one attached hydrogen (secondary N) is 5. The Morgan fingerprint density at radius 3 is 1.70 bits per heavy atom. The summed E-state index contributed by atoms with van der Waals surface area (Å²) in [5.74, 6) is -2.98. The van der Waals surface area contributed by atoms with Crippen molar-refractivity contribution >= 4 is 35.5 Å². The SMILES string of the molecule is CC[C@H](C)[C@H](NC(=O)C[C@H](N)[C@H](Cc1ccccc1)NC(=O)C(NC(=O)[C@H](CC(C)C)NC(=O)CC(C)C)C(C)C)C(=O)N[C@@H](CC(C)C)C(=O)OC. The van der Waals surface area contributed by atoms with E-state index in [0.29, 0.717) is 25.7 Å². The lowest BCUT2D eigenvalue weighted by Gasteiger charge is -2.31. The number of benzene rings is 1. The number of amides is 5. The van der Waals surface area contributed by atoms with Crippen molar-refractivity contribution in [3.05, 3.63) is 35.9 Å². The standard InChI is InChI=1S/C40H68N6O7/c1-12-27(10)36(39(51)44-32(19-24(4)5)40(52)53-11)45-34(48)22-29(41)30(21-28-16-14-13-15-17-28)43-38(50)35(26(8)9)46-37(49)31(18-23(2)3)42-33(47)20-25(6)7/h13-17,23-27,29-32,35-36H,12,18-22,41H2,1-11H3,(H,42,47)(H,43,50)(H,44,51)(H,45,48)(H,46,49)/t27-,29-,30-,31-,32-,35?,36-/m0/s1. The number of ether oxygens (including phenoxy) is 1. The molecule has 0 bridgehead atoms. The number of rotatable bonds is 23. The van der Waals surface area contributed by atoms with E-state index in [2.05, 4.69) is 26.6 Å². The molecule has 1 unspecified atom stereocenters. The van der Waals surface area contributed by atoms with Crippen LogP contribution in [-0.4, -0.2) is 78.9 Å². The summed E-state index contributed by atoms with van der Waals surface area (Å²) >= 11 is 0. The fourth-order valence-corrected chi connectivity index (χ4v) is 5.95. The van der Waals surface area contributed by atoms with Crippen molar-refractivity contribution in [3.8, 4) is 0 Å². The summed E-state index contributed by atoms with van der Waals surface area (Å²) in [5.41, 5.74) is 7.55. The van der Waals surface area contributed by atoms with E-state index < -0.39 is 65.8 Å². The molecule has 0 radical (unpaired) electrons. The van der Waals surface area contributed by atoms with Gasteiger partial charge in [0.05, 0.1) is 7.11 Å². The summed E-state index contributed by atoms with van der Waals surface area (Å²) in [4.78, 5) is 79.5. The summed E-state index contributed by atoms with van der Waals surface area (Å²) in [5, 5.41) is 14.3. The Kier molecular flexibility index (Phi) is 21.0. The quantitative estimate of drug-likeness (QED) is 0.0917. The molecule has 1 rings (SSSR count). The number of methoxy groups -OCH3 is 1. The Balaban J connectivity index is 3.25. The minimum absolute atomic E-state index is 0.103. The van der Waals surface area contributed by atoms with Gasteiger partial charge in [0.15, 0.2) is 0 Å². The van der Waals surface area contributed by atoms with E-state index in [1.807, 2.05) is 99.6 Å². The van der Waals surface area contributed by atoms with Crippen LogP contribution in [-0.2, 0) is 39.9 Å². The van der Waals surface area contributed by atoms with Gasteiger partial charge in [-0.15, -0.1) is 0 Å². The zero-order chi connectivity index (χ0) is 40.4. The summed E-state index contributed by atoms with van der Waals surface area (Å²) < 4.78 is 4.90. The molecule has 0 aliphatic rings. The summed E-state index contributed by atoms with van der Waals surface area (Å²) in [6.07, 6.45) is 1.70. The van der Waals surface area contributed by atoms with Crippen molar-refractivity contribution in [3.63, 3.8) is 0 Å². The normalized spacial score (nSPS) is 15.5. The van der Waals surface area contributed by atoms with Gasteiger partial charge in [0.1, 0.15) is 24.2 Å². The summed E-state index contributed by atoms with van der Waals surface area (Å²) in [6.45, 7) is 19.0. The van der Waals surface area contributed by atoms with Crippen molar-refractivity contribution in [1.29, 1.82) is 0 Å². The monoisotopic (exact) mass is 745 g/mol. The molecule has 1 aromatic carbocycles. The van der Waals surface area contributed by atoms with Gasteiger partial charge >= 0.3 is 5.97 Å². The van der Waals surface area contributed by atoms with Gasteiger partial charge in [0.2, 0.25) is 29.5 Å². The summed E-state index contributed by atoms with van der Waals surface area (Å²) in [6, 6.07) is 4.20. The third-order valence-corrected chi connectivity index (χ3v) is 9.08. The minimum atomic E-state index is -0.953. The average molecular weight is 745 g/mol. The highest BCUT2D eigenvalue weighted by atomic mass is 16.5. The Hall–Kier alpha value is -4.00. The van der Waals surface area contributed by atoms with Crippen LogP contribution in [0.3, 0.4) is 0 Å². The number of hydrogen-bond donors (Lipinski definition) is 6. The minimum Gasteiger partial charge on any atom is -0.467 e. The zero-order valence-electron chi connectivity index (χ0n) is 33.9. The van der Waals surface area contributed by atoms with Crippen molar-refractivity contribution in [2.75, 3.05) is 7.11 Å². The second-order valence-corrected chi connectivity index (χ2v) is 15.9. The van der Waals surface area contributed by atoms with Gasteiger partial charge in [0, 0.05) is 24.9 Å². The van der Waals surface area contributed by atoms with Gasteiger partial charge in [-0.1, -0.05) is 106 Å². The summed E-state index contributed by atoms with van der Waals surface area (Å²) in [7, 11) is 1.26. The number of carbonyl (C=O) groups is 6. The van der Waals surface area contributed by atoms with Crippen LogP contribution in [0.15, 0.2) is 30.3 Å². The topological polar surface area (TPSA) is 198 Å². The molecule has 7 N–H and O–H groups in total. The second-order valence-electron chi connectivity index (χ2n) is 15.9. The first kappa shape index (κ1) is 47.0. The Morgan fingerprint density at radius 2 is 1.19 bits per heavy atom. The van der Waals surface area contributed by atoms with Crippen LogP contribution in [0.1, 0.15) is 107 Å². The van der Waals surface area contributed by atoms with E-state index >= 15 is 0 Å². The van der Waals surface area contributed by atoms with Gasteiger partial charge in [-0.3, -0.25) is 24.0 Å². The van der Waals surface area contributed by atoms with Crippen LogP contribution in [0.5, 0.6) is 0 Å². The van der Waals surface area contributed by atoms with Gasteiger partial charge in [-0.05, 0) is 54.4 Å². The Labute approximate surface area is 317 Å². The molecule has 53 heavy (non-hydrogen) atoms. The molecule has 300 valence electrons. The first-order chi connectivity index (χ1) is 24.8. The predicted molar refractivity (Wildman–Crippen MR) is 207 cm³/mol. The average Bonchev–Trinajstić information content (AvgIpc) is 3.07. The molecule has 0 saturated carbocycles. The predicted octanol–water partition coefficient (Wildman–Crippen LogP) is 3.38. The zero-order valence-corrected chi connectivity index (χ0v) is 33.9. The lowest BCUT2D eigenvalue weighted by molar-refractivity contribution is -0.146. The molecule has 0 aliphatic carbocycles. The molecular formula is C40H68N6O7. The number of carbonyl (C=O) groups excluding carboxylic acids is 6. The van der Waals surface area contributed by atoms with Gasteiger partial charge in [0.25, 0.3) is 0 Å². The van der Waals surface area contributed by atoms with E-state index in [1.54, 1.807) is 0 Å². The fraction of sp³-hybridized carbons (Fsp3) is 0.700. The highest BCUT2D eigenvalue weighted by molar-refractivity contribution is 5.93. The third-order valence-electron chi connectivity index (χ3n) is 9.08. The third kappa shape index (κ3) is 17.6. The second kappa shape index (κ2) is 23.6. The van der Waals surface area contributed by atoms with E-state index in [9.17, 15) is 28.8 Å². The molecular weight excluding hydrogens is 676 g/mol. The molecule has 0 fully saturated rings. The largest absolute Gasteiger partial charge is 0.467 e. The Morgan fingerprint density at radius 1 is 0.642 bits per heavy atom. The van der Waals surface area contributed by atoms with Crippen LogP contribution in [0.4, 0.5) is 0 Å². The smallest absolute Gasteiger partial charge is 0.328 e. The molecule has 7 atom stereocenters. The maximum atomic E-state index is 13.9. The van der Waals surface area contributed by atoms with Crippen molar-refractivity contribution in [2.45, 2.75) is 144 Å². The maximum absolute atomic E-state index is 13.9. The highest BCUT2D eigenvalue weighted by Crippen LogP contribution is 2.15. The van der Waals surface area contributed by atoms with Gasteiger partial charge < -0.3 is 37.1 Å². The van der Waals surface area contributed by atoms with E-state index in [4.69, 9.17) is 10.5 Å². The number of esters is 1. The van der Waals surface area contributed by atoms with Crippen molar-refractivity contribution < 1.29 is 33.5 Å². The van der Waals surface area contributed by atoms with Gasteiger partial charge in [-0.2, -0.15) is 0 Å². The first-order valence-corrected chi connectivity index (χ1v) is 19.2. The number of hydrogen-bond acceptors (Lipinski definition) is 8. The van der Waals surface area contributed by atoms with E-state index in [0.717, 1.165) is 5.56 Å². The van der Waals surface area contributed by atoms with Crippen LogP contribution >= 0.6 is 0 Å². The highest BCUT2D eigenvalue weighted by Gasteiger charge is 2.34. The molecule has 5 amide bonds. The van der Waals surface area contributed by atoms with Crippen LogP contribution in [0.25, 0.3) is 0 Å². The molecule has 13 nitrogen and oxygen atoms in total. The maximum Gasteiger partial charge on any atom is 0.328 e. The lowest BCUT2D eigenvalue weighted by atomic mass is 9.94. The van der Waals surface area contributed by atoms with Crippen LogP contribution in [0, 0.1) is 29.6 Å². The Bertz CT molecular complexity index is 1320. The van der Waals surface area contributed by atoms with E-state index in [1.165, 1.54) is 7.11 Å². The van der Waals surface area contributed by atoms with Crippen LogP contribution < -0.4 is 32.3 Å². The fourth-order valence-electron chi connectivity index (χ4n) is 5.95. The number of nitrogens with two attached hydrogens (primary N) is 1. The first-order valence-electron chi connectivity index (χ1n) is 19.2. The van der Waals surface area contributed by atoms with Crippen LogP contribution in [0.2, 0.25) is 0 Å². The molecule has 0 spiro atoms. The molecule has 0 heterocycles. The van der Waals surface area contributed by atoms with E-state index in [-0.39, 0.29) is 48.3 Å². The van der Waals surface area contributed by atoms with Crippen molar-refractivity contribution in [2.24, 2.45) is 35.3 Å². The lowest BCUT2D eigenvalue weighted by Crippen LogP contribution is -2.60. The van der Waals surface area contributed by atoms with Crippen molar-refractivity contribution in [1.82, 2.24) is 26.6 Å². The molecule has 0 aliphatic heterocycles. The molecule has 13 heteroatoms. The molecule has 1 aromatic rings. The molecule has 0 aromatic heterocycles. The van der Waals surface area contributed by atoms with Gasteiger partial charge in [-0.25, -0.2) is 4.79 Å².